The number of carbonyl (C=O) groups excluding carboxylic acids is 1. The van der Waals surface area contributed by atoms with Gasteiger partial charge in [-0.05, 0) is 30.5 Å². The van der Waals surface area contributed by atoms with Crippen LogP contribution in [0.3, 0.4) is 0 Å². The molecule has 0 radical (unpaired) electrons. The SMILES string of the molecule is C[C@@](O)(CNC(=O)c1c(F)cccc1F)c1cccs1. The van der Waals surface area contributed by atoms with Crippen LogP contribution in [0.1, 0.15) is 22.2 Å². The summed E-state index contributed by atoms with van der Waals surface area (Å²) in [6.45, 7) is 1.39. The van der Waals surface area contributed by atoms with Crippen molar-refractivity contribution in [1.82, 2.24) is 5.32 Å². The van der Waals surface area contributed by atoms with E-state index in [9.17, 15) is 18.7 Å². The molecule has 0 aliphatic rings. The Morgan fingerprint density at radius 2 is 1.95 bits per heavy atom. The van der Waals surface area contributed by atoms with Crippen LogP contribution in [-0.2, 0) is 5.60 Å². The Morgan fingerprint density at radius 3 is 2.50 bits per heavy atom. The van der Waals surface area contributed by atoms with Crippen LogP contribution in [0.2, 0.25) is 0 Å². The van der Waals surface area contributed by atoms with E-state index in [0.29, 0.717) is 4.88 Å². The lowest BCUT2D eigenvalue weighted by molar-refractivity contribution is 0.0554. The van der Waals surface area contributed by atoms with E-state index in [0.717, 1.165) is 12.1 Å². The maximum Gasteiger partial charge on any atom is 0.257 e. The van der Waals surface area contributed by atoms with Gasteiger partial charge in [0, 0.05) is 4.88 Å². The number of amides is 1. The second-order valence-electron chi connectivity index (χ2n) is 4.53. The third-order valence-electron chi connectivity index (χ3n) is 2.83. The van der Waals surface area contributed by atoms with Crippen LogP contribution in [0, 0.1) is 11.6 Å². The van der Waals surface area contributed by atoms with E-state index >= 15 is 0 Å². The van der Waals surface area contributed by atoms with Crippen LogP contribution < -0.4 is 5.32 Å². The first-order valence-electron chi connectivity index (χ1n) is 5.90. The first kappa shape index (κ1) is 14.6. The summed E-state index contributed by atoms with van der Waals surface area (Å²) in [5.74, 6) is -2.76. The van der Waals surface area contributed by atoms with Crippen molar-refractivity contribution in [3.8, 4) is 0 Å². The predicted octanol–water partition coefficient (Wildman–Crippen LogP) is 2.66. The minimum absolute atomic E-state index is 0.139. The molecule has 0 aliphatic carbocycles. The van der Waals surface area contributed by atoms with E-state index in [4.69, 9.17) is 0 Å². The molecule has 0 aliphatic heterocycles. The molecule has 0 saturated carbocycles. The number of halogens is 2. The fourth-order valence-corrected chi connectivity index (χ4v) is 2.51. The van der Waals surface area contributed by atoms with Gasteiger partial charge in [0.2, 0.25) is 0 Å². The average Bonchev–Trinajstić information content (AvgIpc) is 2.91. The number of benzene rings is 1. The molecular formula is C14H13F2NO2S. The van der Waals surface area contributed by atoms with Crippen LogP contribution in [0.4, 0.5) is 8.78 Å². The molecule has 0 fully saturated rings. The van der Waals surface area contributed by atoms with Crippen molar-refractivity contribution in [1.29, 1.82) is 0 Å². The normalized spacial score (nSPS) is 13.8. The highest BCUT2D eigenvalue weighted by molar-refractivity contribution is 7.10. The molecule has 0 unspecified atom stereocenters. The standard InChI is InChI=1S/C14H13F2NO2S/c1-14(19,11-6-3-7-20-11)8-17-13(18)12-9(15)4-2-5-10(12)16/h2-7,19H,8H2,1H3,(H,17,18)/t14-/m1/s1. The fraction of sp³-hybridized carbons (Fsp3) is 0.214. The van der Waals surface area contributed by atoms with Gasteiger partial charge in [-0.15, -0.1) is 11.3 Å². The fourth-order valence-electron chi connectivity index (χ4n) is 1.73. The molecule has 106 valence electrons. The molecule has 0 spiro atoms. The van der Waals surface area contributed by atoms with Gasteiger partial charge in [-0.3, -0.25) is 4.79 Å². The van der Waals surface area contributed by atoms with Crippen LogP contribution in [0.5, 0.6) is 0 Å². The van der Waals surface area contributed by atoms with E-state index in [1.165, 1.54) is 24.3 Å². The van der Waals surface area contributed by atoms with Gasteiger partial charge in [0.15, 0.2) is 0 Å². The number of nitrogens with one attached hydrogen (secondary N) is 1. The number of rotatable bonds is 4. The monoisotopic (exact) mass is 297 g/mol. The van der Waals surface area contributed by atoms with E-state index in [-0.39, 0.29) is 6.54 Å². The Kier molecular flexibility index (Phi) is 4.15. The molecule has 1 aromatic carbocycles. The molecule has 2 N–H and O–H groups in total. The first-order chi connectivity index (χ1) is 9.42. The number of carbonyl (C=O) groups is 1. The first-order valence-corrected chi connectivity index (χ1v) is 6.78. The lowest BCUT2D eigenvalue weighted by Gasteiger charge is -2.22. The van der Waals surface area contributed by atoms with E-state index in [1.54, 1.807) is 17.5 Å². The van der Waals surface area contributed by atoms with Gasteiger partial charge in [-0.1, -0.05) is 12.1 Å². The quantitative estimate of drug-likeness (QED) is 0.911. The highest BCUT2D eigenvalue weighted by Gasteiger charge is 2.26. The summed E-state index contributed by atoms with van der Waals surface area (Å²) >= 11 is 1.33. The molecule has 1 amide bonds. The van der Waals surface area contributed by atoms with E-state index in [2.05, 4.69) is 5.32 Å². The van der Waals surface area contributed by atoms with Gasteiger partial charge in [-0.2, -0.15) is 0 Å². The smallest absolute Gasteiger partial charge is 0.257 e. The van der Waals surface area contributed by atoms with Crippen molar-refractivity contribution < 1.29 is 18.7 Å². The summed E-state index contributed by atoms with van der Waals surface area (Å²) in [5.41, 5.74) is -1.93. The van der Waals surface area contributed by atoms with E-state index in [1.807, 2.05) is 0 Å². The van der Waals surface area contributed by atoms with Crippen LogP contribution in [0.15, 0.2) is 35.7 Å². The zero-order chi connectivity index (χ0) is 14.8. The minimum atomic E-state index is -1.29. The van der Waals surface area contributed by atoms with Gasteiger partial charge in [-0.25, -0.2) is 8.78 Å². The molecule has 6 heteroatoms. The van der Waals surface area contributed by atoms with Crippen molar-refractivity contribution in [3.63, 3.8) is 0 Å². The van der Waals surface area contributed by atoms with Crippen LogP contribution in [-0.4, -0.2) is 17.6 Å². The van der Waals surface area contributed by atoms with Crippen LogP contribution >= 0.6 is 11.3 Å². The van der Waals surface area contributed by atoms with E-state index < -0.39 is 28.7 Å². The summed E-state index contributed by atoms with van der Waals surface area (Å²) in [6.07, 6.45) is 0. The molecule has 1 aromatic heterocycles. The largest absolute Gasteiger partial charge is 0.383 e. The molecule has 1 heterocycles. The number of hydrogen-bond acceptors (Lipinski definition) is 3. The summed E-state index contributed by atoms with van der Waals surface area (Å²) in [6, 6.07) is 6.70. The lowest BCUT2D eigenvalue weighted by atomic mass is 10.0. The molecule has 0 bridgehead atoms. The Labute approximate surface area is 118 Å². The van der Waals surface area contributed by atoms with Gasteiger partial charge < -0.3 is 10.4 Å². The summed E-state index contributed by atoms with van der Waals surface area (Å²) in [5, 5.41) is 14.4. The van der Waals surface area contributed by atoms with Crippen molar-refractivity contribution in [3.05, 3.63) is 57.8 Å². The maximum absolute atomic E-state index is 13.4. The maximum atomic E-state index is 13.4. The van der Waals surface area contributed by atoms with Crippen molar-refractivity contribution >= 4 is 17.2 Å². The number of aliphatic hydroxyl groups is 1. The van der Waals surface area contributed by atoms with Gasteiger partial charge >= 0.3 is 0 Å². The summed E-state index contributed by atoms with van der Waals surface area (Å²) in [4.78, 5) is 12.5. The number of thiophene rings is 1. The molecule has 1 atom stereocenters. The zero-order valence-electron chi connectivity index (χ0n) is 10.7. The molecule has 20 heavy (non-hydrogen) atoms. The number of hydrogen-bond donors (Lipinski definition) is 2. The van der Waals surface area contributed by atoms with Gasteiger partial charge in [0.05, 0.1) is 6.54 Å². The van der Waals surface area contributed by atoms with Crippen molar-refractivity contribution in [2.24, 2.45) is 0 Å². The molecule has 3 nitrogen and oxygen atoms in total. The minimum Gasteiger partial charge on any atom is -0.383 e. The molecule has 2 aromatic rings. The van der Waals surface area contributed by atoms with Crippen molar-refractivity contribution in [2.75, 3.05) is 6.54 Å². The third-order valence-corrected chi connectivity index (χ3v) is 3.96. The Hall–Kier alpha value is -1.79. The predicted molar refractivity (Wildman–Crippen MR) is 72.6 cm³/mol. The van der Waals surface area contributed by atoms with Gasteiger partial charge in [0.1, 0.15) is 22.8 Å². The third kappa shape index (κ3) is 3.02. The zero-order valence-corrected chi connectivity index (χ0v) is 11.5. The van der Waals surface area contributed by atoms with Crippen LogP contribution in [0.25, 0.3) is 0 Å². The molecule has 0 saturated heterocycles. The molecular weight excluding hydrogens is 284 g/mol. The summed E-state index contributed by atoms with van der Waals surface area (Å²) < 4.78 is 26.9. The highest BCUT2D eigenvalue weighted by atomic mass is 32.1. The molecule has 2 rings (SSSR count). The lowest BCUT2D eigenvalue weighted by Crippen LogP contribution is -2.38. The average molecular weight is 297 g/mol. The van der Waals surface area contributed by atoms with Gasteiger partial charge in [0.25, 0.3) is 5.91 Å². The topological polar surface area (TPSA) is 49.3 Å². The second kappa shape index (κ2) is 5.68. The van der Waals surface area contributed by atoms with Crippen molar-refractivity contribution in [2.45, 2.75) is 12.5 Å². The highest BCUT2D eigenvalue weighted by Crippen LogP contribution is 2.24. The Morgan fingerprint density at radius 1 is 1.30 bits per heavy atom. The Balaban J connectivity index is 2.10. The summed E-state index contributed by atoms with van der Waals surface area (Å²) in [7, 11) is 0. The Bertz CT molecular complexity index is 591. The second-order valence-corrected chi connectivity index (χ2v) is 5.48.